The number of rotatable bonds is 5. The molecule has 0 saturated carbocycles. The second kappa shape index (κ2) is 9.15. The smallest absolute Gasteiger partial charge is 0.410 e. The van der Waals surface area contributed by atoms with Gasteiger partial charge in [0.2, 0.25) is 0 Å². The summed E-state index contributed by atoms with van der Waals surface area (Å²) in [4.78, 5) is 27.1. The Morgan fingerprint density at radius 1 is 1.10 bits per heavy atom. The summed E-state index contributed by atoms with van der Waals surface area (Å²) in [6, 6.07) is 17.1. The van der Waals surface area contributed by atoms with E-state index < -0.39 is 5.60 Å². The predicted molar refractivity (Wildman–Crippen MR) is 117 cm³/mol. The minimum Gasteiger partial charge on any atom is -0.444 e. The van der Waals surface area contributed by atoms with Gasteiger partial charge in [-0.15, -0.1) is 0 Å². The van der Waals surface area contributed by atoms with Crippen LogP contribution in [0, 0.1) is 10.1 Å². The second-order valence-corrected chi connectivity index (χ2v) is 8.59. The fourth-order valence-electron chi connectivity index (χ4n) is 3.66. The average molecular weight is 412 g/mol. The zero-order valence-electron chi connectivity index (χ0n) is 17.8. The van der Waals surface area contributed by atoms with Gasteiger partial charge in [-0.1, -0.05) is 30.3 Å². The molecular weight excluding hydrogens is 382 g/mol. The van der Waals surface area contributed by atoms with Gasteiger partial charge in [0.25, 0.3) is 5.69 Å². The largest absolute Gasteiger partial charge is 0.444 e. The van der Waals surface area contributed by atoms with E-state index in [0.29, 0.717) is 19.6 Å². The van der Waals surface area contributed by atoms with E-state index in [1.807, 2.05) is 39.0 Å². The third kappa shape index (κ3) is 5.72. The molecule has 0 N–H and O–H groups in total. The van der Waals surface area contributed by atoms with Gasteiger partial charge in [0.1, 0.15) is 5.60 Å². The molecule has 2 aromatic carbocycles. The van der Waals surface area contributed by atoms with Crippen molar-refractivity contribution in [3.63, 3.8) is 0 Å². The van der Waals surface area contributed by atoms with Crippen LogP contribution >= 0.6 is 0 Å². The van der Waals surface area contributed by atoms with E-state index in [4.69, 9.17) is 4.74 Å². The van der Waals surface area contributed by atoms with Gasteiger partial charge in [-0.25, -0.2) is 4.79 Å². The lowest BCUT2D eigenvalue weighted by Gasteiger charge is -2.40. The Bertz CT molecular complexity index is 854. The number of benzene rings is 2. The van der Waals surface area contributed by atoms with Gasteiger partial charge in [0.15, 0.2) is 0 Å². The Labute approximate surface area is 177 Å². The van der Waals surface area contributed by atoms with E-state index in [1.165, 1.54) is 5.56 Å². The number of amides is 1. The lowest BCUT2D eigenvalue weighted by Crippen LogP contribution is -2.48. The van der Waals surface area contributed by atoms with Crippen LogP contribution in [0.5, 0.6) is 0 Å². The minimum atomic E-state index is -0.508. The molecule has 0 radical (unpaired) electrons. The standard InChI is InChI=1S/C23H29N3O4/c1-23(2,3)30-22(27)24-15-13-20(14-16-24)25(17-18-7-5-4-6-8-18)19-9-11-21(12-10-19)26(28)29/h4-12,20H,13-17H2,1-3H3. The van der Waals surface area contributed by atoms with Crippen molar-refractivity contribution < 1.29 is 14.5 Å². The first kappa shape index (κ1) is 21.6. The highest BCUT2D eigenvalue weighted by atomic mass is 16.6. The monoisotopic (exact) mass is 411 g/mol. The second-order valence-electron chi connectivity index (χ2n) is 8.59. The molecule has 2 aromatic rings. The fraction of sp³-hybridized carbons (Fsp3) is 0.435. The summed E-state index contributed by atoms with van der Waals surface area (Å²) in [6.07, 6.45) is 1.34. The van der Waals surface area contributed by atoms with Gasteiger partial charge < -0.3 is 14.5 Å². The molecule has 1 aliphatic rings. The number of nitro benzene ring substituents is 1. The molecule has 0 aromatic heterocycles. The zero-order chi connectivity index (χ0) is 21.7. The van der Waals surface area contributed by atoms with Crippen LogP contribution in [-0.4, -0.2) is 40.6 Å². The molecule has 1 aliphatic heterocycles. The van der Waals surface area contributed by atoms with Crippen molar-refractivity contribution >= 4 is 17.5 Å². The number of piperidine rings is 1. The fourth-order valence-corrected chi connectivity index (χ4v) is 3.66. The Balaban J connectivity index is 1.74. The molecule has 1 amide bonds. The van der Waals surface area contributed by atoms with Crippen molar-refractivity contribution in [2.75, 3.05) is 18.0 Å². The maximum atomic E-state index is 12.4. The quantitative estimate of drug-likeness (QED) is 0.511. The molecule has 1 fully saturated rings. The number of carbonyl (C=O) groups is 1. The molecule has 0 spiro atoms. The van der Waals surface area contributed by atoms with Crippen LogP contribution in [0.4, 0.5) is 16.2 Å². The Morgan fingerprint density at radius 3 is 2.23 bits per heavy atom. The SMILES string of the molecule is CC(C)(C)OC(=O)N1CCC(N(Cc2ccccc2)c2ccc([N+](=O)[O-])cc2)CC1. The first-order chi connectivity index (χ1) is 14.2. The number of hydrogen-bond acceptors (Lipinski definition) is 5. The number of ether oxygens (including phenoxy) is 1. The molecular formula is C23H29N3O4. The van der Waals surface area contributed by atoms with Crippen molar-refractivity contribution in [2.45, 2.75) is 51.8 Å². The van der Waals surface area contributed by atoms with Crippen LogP contribution in [0.15, 0.2) is 54.6 Å². The van der Waals surface area contributed by atoms with E-state index in [1.54, 1.807) is 29.2 Å². The number of carbonyl (C=O) groups excluding carboxylic acids is 1. The molecule has 7 heteroatoms. The Hall–Kier alpha value is -3.09. The van der Waals surface area contributed by atoms with Crippen LogP contribution < -0.4 is 4.90 Å². The molecule has 0 unspecified atom stereocenters. The van der Waals surface area contributed by atoms with Gasteiger partial charge in [-0.3, -0.25) is 10.1 Å². The van der Waals surface area contributed by atoms with Crippen molar-refractivity contribution in [2.24, 2.45) is 0 Å². The minimum absolute atomic E-state index is 0.0816. The third-order valence-corrected chi connectivity index (χ3v) is 5.14. The molecule has 160 valence electrons. The molecule has 1 heterocycles. The van der Waals surface area contributed by atoms with E-state index in [2.05, 4.69) is 17.0 Å². The molecule has 0 atom stereocenters. The van der Waals surface area contributed by atoms with Gasteiger partial charge in [0.05, 0.1) is 4.92 Å². The number of nitrogens with zero attached hydrogens (tertiary/aromatic N) is 3. The Morgan fingerprint density at radius 2 is 1.70 bits per heavy atom. The van der Waals surface area contributed by atoms with Crippen molar-refractivity contribution in [3.8, 4) is 0 Å². The van der Waals surface area contributed by atoms with E-state index >= 15 is 0 Å². The maximum absolute atomic E-state index is 12.4. The van der Waals surface area contributed by atoms with Gasteiger partial charge >= 0.3 is 6.09 Å². The summed E-state index contributed by atoms with van der Waals surface area (Å²) in [5.41, 5.74) is 1.69. The average Bonchev–Trinajstić information content (AvgIpc) is 2.72. The van der Waals surface area contributed by atoms with Gasteiger partial charge in [-0.2, -0.15) is 0 Å². The summed E-state index contributed by atoms with van der Waals surface area (Å²) < 4.78 is 5.50. The van der Waals surface area contributed by atoms with Gasteiger partial charge in [0, 0.05) is 43.5 Å². The molecule has 0 aliphatic carbocycles. The molecule has 1 saturated heterocycles. The van der Waals surface area contributed by atoms with E-state index in [-0.39, 0.29) is 22.7 Å². The van der Waals surface area contributed by atoms with E-state index in [9.17, 15) is 14.9 Å². The molecule has 7 nitrogen and oxygen atoms in total. The highest BCUT2D eigenvalue weighted by Crippen LogP contribution is 2.28. The number of likely N-dealkylation sites (tertiary alicyclic amines) is 1. The number of hydrogen-bond donors (Lipinski definition) is 0. The van der Waals surface area contributed by atoms with Crippen LogP contribution in [0.25, 0.3) is 0 Å². The highest BCUT2D eigenvalue weighted by molar-refractivity contribution is 5.68. The summed E-state index contributed by atoms with van der Waals surface area (Å²) in [5, 5.41) is 11.0. The summed E-state index contributed by atoms with van der Waals surface area (Å²) >= 11 is 0. The summed E-state index contributed by atoms with van der Waals surface area (Å²) in [5.74, 6) is 0. The number of anilines is 1. The number of nitro groups is 1. The topological polar surface area (TPSA) is 75.9 Å². The summed E-state index contributed by atoms with van der Waals surface area (Å²) in [7, 11) is 0. The van der Waals surface area contributed by atoms with Crippen molar-refractivity contribution in [1.82, 2.24) is 4.90 Å². The predicted octanol–water partition coefficient (Wildman–Crippen LogP) is 5.00. The van der Waals surface area contributed by atoms with Crippen LogP contribution in [-0.2, 0) is 11.3 Å². The molecule has 3 rings (SSSR count). The van der Waals surface area contributed by atoms with E-state index in [0.717, 1.165) is 18.5 Å². The number of non-ortho nitro benzene ring substituents is 1. The lowest BCUT2D eigenvalue weighted by atomic mass is 10.0. The van der Waals surface area contributed by atoms with Crippen molar-refractivity contribution in [3.05, 3.63) is 70.3 Å². The van der Waals surface area contributed by atoms with Crippen LogP contribution in [0.1, 0.15) is 39.2 Å². The Kier molecular flexibility index (Phi) is 6.59. The third-order valence-electron chi connectivity index (χ3n) is 5.14. The maximum Gasteiger partial charge on any atom is 0.410 e. The molecule has 30 heavy (non-hydrogen) atoms. The normalized spacial score (nSPS) is 15.0. The van der Waals surface area contributed by atoms with Gasteiger partial charge in [-0.05, 0) is 51.3 Å². The highest BCUT2D eigenvalue weighted by Gasteiger charge is 2.30. The van der Waals surface area contributed by atoms with Crippen LogP contribution in [0.2, 0.25) is 0 Å². The lowest BCUT2D eigenvalue weighted by molar-refractivity contribution is -0.384. The van der Waals surface area contributed by atoms with Crippen LogP contribution in [0.3, 0.4) is 0 Å². The van der Waals surface area contributed by atoms with Crippen molar-refractivity contribution in [1.29, 1.82) is 0 Å². The zero-order valence-corrected chi connectivity index (χ0v) is 17.8. The molecule has 0 bridgehead atoms. The summed E-state index contributed by atoms with van der Waals surface area (Å²) in [6.45, 7) is 7.56. The first-order valence-electron chi connectivity index (χ1n) is 10.3. The first-order valence-corrected chi connectivity index (χ1v) is 10.3.